The molecule has 0 fully saturated rings. The van der Waals surface area contributed by atoms with Crippen molar-refractivity contribution in [3.8, 4) is 0 Å². The van der Waals surface area contributed by atoms with E-state index in [1.54, 1.807) is 24.3 Å². The molecule has 0 aliphatic heterocycles. The summed E-state index contributed by atoms with van der Waals surface area (Å²) >= 11 is 4.45. The summed E-state index contributed by atoms with van der Waals surface area (Å²) in [4.78, 5) is 10.7. The third-order valence-electron chi connectivity index (χ3n) is 1.41. The zero-order valence-electron chi connectivity index (χ0n) is 6.08. The third-order valence-corrected chi connectivity index (χ3v) is 1.63. The third kappa shape index (κ3) is 2.69. The smallest absolute Gasteiger partial charge is 0.737 e. The van der Waals surface area contributed by atoms with Crippen molar-refractivity contribution < 1.29 is 32.3 Å². The van der Waals surface area contributed by atoms with Crippen molar-refractivity contribution in [2.75, 3.05) is 0 Å². The van der Waals surface area contributed by atoms with Crippen molar-refractivity contribution >= 4 is 17.7 Å². The van der Waals surface area contributed by atoms with Gasteiger partial charge in [0.15, 0.2) is 0 Å². The molecule has 0 aliphatic carbocycles. The van der Waals surface area contributed by atoms with Crippen LogP contribution in [0.4, 0.5) is 0 Å². The van der Waals surface area contributed by atoms with Crippen LogP contribution in [-0.2, 0) is 41.6 Å². The summed E-state index contributed by atoms with van der Waals surface area (Å²) in [5.74, 6) is 0. The van der Waals surface area contributed by atoms with Gasteiger partial charge in [-0.15, -0.1) is 0 Å². The Morgan fingerprint density at radius 3 is 2.42 bits per heavy atom. The summed E-state index contributed by atoms with van der Waals surface area (Å²) in [6.07, 6.45) is 0. The zero-order chi connectivity index (χ0) is 8.27. The SMILES string of the molecule is O=C([S-])c1ccccc1CO.[Au+]. The van der Waals surface area contributed by atoms with Gasteiger partial charge in [-0.1, -0.05) is 24.3 Å². The van der Waals surface area contributed by atoms with Crippen molar-refractivity contribution in [2.24, 2.45) is 0 Å². The van der Waals surface area contributed by atoms with Gasteiger partial charge >= 0.3 is 22.4 Å². The summed E-state index contributed by atoms with van der Waals surface area (Å²) in [6.45, 7) is -0.140. The normalized spacial score (nSPS) is 8.75. The maximum absolute atomic E-state index is 10.7. The van der Waals surface area contributed by atoms with Crippen LogP contribution < -0.4 is 0 Å². The van der Waals surface area contributed by atoms with Gasteiger partial charge in [0.2, 0.25) is 0 Å². The first-order valence-corrected chi connectivity index (χ1v) is 3.56. The Morgan fingerprint density at radius 2 is 2.00 bits per heavy atom. The van der Waals surface area contributed by atoms with Gasteiger partial charge in [-0.25, -0.2) is 0 Å². The molecule has 0 amide bonds. The van der Waals surface area contributed by atoms with E-state index in [1.807, 2.05) is 0 Å². The van der Waals surface area contributed by atoms with Gasteiger partial charge in [-0.3, -0.25) is 0 Å². The van der Waals surface area contributed by atoms with Crippen LogP contribution in [0.1, 0.15) is 15.9 Å². The van der Waals surface area contributed by atoms with Crippen LogP contribution >= 0.6 is 0 Å². The van der Waals surface area contributed by atoms with Crippen molar-refractivity contribution in [1.82, 2.24) is 0 Å². The number of carbonyl (C=O) groups excluding carboxylic acids is 1. The number of aliphatic hydroxyl groups is 1. The van der Waals surface area contributed by atoms with E-state index in [0.717, 1.165) is 0 Å². The van der Waals surface area contributed by atoms with Crippen LogP contribution in [0.3, 0.4) is 0 Å². The first-order chi connectivity index (χ1) is 5.25. The summed E-state index contributed by atoms with van der Waals surface area (Å²) in [7, 11) is 0. The predicted octanol–water partition coefficient (Wildman–Crippen LogP) is 0.863. The summed E-state index contributed by atoms with van der Waals surface area (Å²) < 4.78 is 0. The van der Waals surface area contributed by atoms with E-state index in [0.29, 0.717) is 11.1 Å². The molecular weight excluding hydrogens is 357 g/mol. The van der Waals surface area contributed by atoms with E-state index in [2.05, 4.69) is 12.6 Å². The molecule has 68 valence electrons. The summed E-state index contributed by atoms with van der Waals surface area (Å²) in [5, 5.41) is 8.35. The number of aliphatic hydroxyl groups excluding tert-OH is 1. The quantitative estimate of drug-likeness (QED) is 0.625. The summed E-state index contributed by atoms with van der Waals surface area (Å²) in [6, 6.07) is 6.77. The molecule has 0 bridgehead atoms. The van der Waals surface area contributed by atoms with Gasteiger partial charge < -0.3 is 22.5 Å². The Morgan fingerprint density at radius 1 is 1.42 bits per heavy atom. The standard InChI is InChI=1S/C8H8O2S.Au/c9-5-6-3-1-2-4-7(6)8(10)11;/h1-4,9H,5H2,(H,10,11);/q;+1/p-1. The van der Waals surface area contributed by atoms with Crippen molar-refractivity contribution in [3.63, 3.8) is 0 Å². The minimum absolute atomic E-state index is 0. The van der Waals surface area contributed by atoms with Crippen LogP contribution in [-0.4, -0.2) is 10.2 Å². The molecule has 2 nitrogen and oxygen atoms in total. The van der Waals surface area contributed by atoms with Crippen LogP contribution in [0.2, 0.25) is 0 Å². The van der Waals surface area contributed by atoms with E-state index >= 15 is 0 Å². The molecule has 0 saturated carbocycles. The molecule has 1 rings (SSSR count). The number of benzene rings is 1. The average molecular weight is 364 g/mol. The molecule has 4 heteroatoms. The fourth-order valence-electron chi connectivity index (χ4n) is 0.857. The topological polar surface area (TPSA) is 37.3 Å². The minimum Gasteiger partial charge on any atom is -0.737 e. The number of hydrogen-bond acceptors (Lipinski definition) is 3. The predicted molar refractivity (Wildman–Crippen MR) is 44.1 cm³/mol. The largest absolute Gasteiger partial charge is 1.00 e. The van der Waals surface area contributed by atoms with Crippen LogP contribution in [0, 0.1) is 0 Å². The second kappa shape index (κ2) is 5.45. The van der Waals surface area contributed by atoms with E-state index in [1.165, 1.54) is 0 Å². The molecule has 1 aromatic rings. The van der Waals surface area contributed by atoms with Crippen molar-refractivity contribution in [1.29, 1.82) is 0 Å². The Bertz CT molecular complexity index is 276. The fraction of sp³-hybridized carbons (Fsp3) is 0.125. The second-order valence-electron chi connectivity index (χ2n) is 2.10. The minimum atomic E-state index is -0.422. The molecule has 0 unspecified atom stereocenters. The Labute approximate surface area is 91.9 Å². The number of rotatable bonds is 2. The van der Waals surface area contributed by atoms with Crippen molar-refractivity contribution in [2.45, 2.75) is 6.61 Å². The van der Waals surface area contributed by atoms with E-state index < -0.39 is 5.12 Å². The van der Waals surface area contributed by atoms with Gasteiger partial charge in [0.1, 0.15) is 0 Å². The van der Waals surface area contributed by atoms with Gasteiger partial charge in [-0.2, -0.15) is 0 Å². The monoisotopic (exact) mass is 364 g/mol. The van der Waals surface area contributed by atoms with Crippen LogP contribution in [0.15, 0.2) is 24.3 Å². The molecule has 0 aromatic heterocycles. The van der Waals surface area contributed by atoms with E-state index in [4.69, 9.17) is 5.11 Å². The number of carbonyl (C=O) groups is 1. The molecule has 0 radical (unpaired) electrons. The van der Waals surface area contributed by atoms with E-state index in [9.17, 15) is 4.79 Å². The molecule has 0 atom stereocenters. The Hall–Kier alpha value is -0.190. The Balaban J connectivity index is 0.00000121. The zero-order valence-corrected chi connectivity index (χ0v) is 9.06. The average Bonchev–Trinajstić information content (AvgIpc) is 2.04. The van der Waals surface area contributed by atoms with Gasteiger partial charge in [0, 0.05) is 5.12 Å². The maximum atomic E-state index is 10.7. The van der Waals surface area contributed by atoms with E-state index in [-0.39, 0.29) is 29.0 Å². The molecule has 0 saturated heterocycles. The maximum Gasteiger partial charge on any atom is 1.00 e. The van der Waals surface area contributed by atoms with Crippen molar-refractivity contribution in [3.05, 3.63) is 35.4 Å². The molecule has 12 heavy (non-hydrogen) atoms. The van der Waals surface area contributed by atoms with Gasteiger partial charge in [0.05, 0.1) is 6.61 Å². The van der Waals surface area contributed by atoms with Crippen LogP contribution in [0.25, 0.3) is 0 Å². The Kier molecular flexibility index (Phi) is 5.37. The molecule has 1 N–H and O–H groups in total. The van der Waals surface area contributed by atoms with Gasteiger partial charge in [-0.05, 0) is 11.1 Å². The molecule has 0 heterocycles. The first-order valence-electron chi connectivity index (χ1n) is 3.16. The van der Waals surface area contributed by atoms with Crippen LogP contribution in [0.5, 0.6) is 0 Å². The molecule has 0 aliphatic rings. The second-order valence-corrected chi connectivity index (χ2v) is 2.47. The molecule has 0 spiro atoms. The first kappa shape index (κ1) is 11.8. The number of hydrogen-bond donors (Lipinski definition) is 1. The summed E-state index contributed by atoms with van der Waals surface area (Å²) in [5.41, 5.74) is 1.01. The van der Waals surface area contributed by atoms with Gasteiger partial charge in [0.25, 0.3) is 0 Å². The molecular formula is C8H7AuO2S. The molecule has 1 aromatic carbocycles. The fourth-order valence-corrected chi connectivity index (χ4v) is 1.06.